The lowest BCUT2D eigenvalue weighted by Gasteiger charge is -2.10. The summed E-state index contributed by atoms with van der Waals surface area (Å²) >= 11 is 0. The van der Waals surface area contributed by atoms with Crippen LogP contribution in [0.4, 0.5) is 0 Å². The third-order valence-electron chi connectivity index (χ3n) is 6.47. The van der Waals surface area contributed by atoms with Gasteiger partial charge in [-0.15, -0.1) is 0 Å². The van der Waals surface area contributed by atoms with Crippen LogP contribution in [0.2, 0.25) is 0 Å². The van der Waals surface area contributed by atoms with Crippen molar-refractivity contribution in [1.82, 2.24) is 19.1 Å². The van der Waals surface area contributed by atoms with Crippen molar-refractivity contribution in [3.05, 3.63) is 122 Å². The molecule has 0 aliphatic heterocycles. The van der Waals surface area contributed by atoms with Gasteiger partial charge in [-0.05, 0) is 54.6 Å². The minimum Gasteiger partial charge on any atom is -0.315 e. The van der Waals surface area contributed by atoms with Crippen molar-refractivity contribution in [2.45, 2.75) is 0 Å². The maximum Gasteiger partial charge on any atom is 0.0887 e. The number of rotatable bonds is 3. The highest BCUT2D eigenvalue weighted by atomic mass is 15.0. The number of pyridine rings is 2. The number of para-hydroxylation sites is 2. The van der Waals surface area contributed by atoms with E-state index >= 15 is 0 Å². The van der Waals surface area contributed by atoms with Gasteiger partial charge in [-0.2, -0.15) is 0 Å². The Morgan fingerprint density at radius 3 is 2.15 bits per heavy atom. The smallest absolute Gasteiger partial charge is 0.0887 e. The molecule has 7 aromatic rings. The summed E-state index contributed by atoms with van der Waals surface area (Å²) in [6.07, 6.45) is 5.84. The van der Waals surface area contributed by atoms with Crippen LogP contribution in [0.15, 0.2) is 122 Å². The molecule has 0 amide bonds. The van der Waals surface area contributed by atoms with Crippen LogP contribution < -0.4 is 0 Å². The standard InChI is InChI=1S/C30H20N4/c1-2-8-21(9-3-1)34-29-12-5-4-10-23(29)24-14-16-28-25(30(24)34)17-19-33(28)22-13-15-27(32-20-22)26-11-6-7-18-31-26/h1-20H. The molecule has 0 bridgehead atoms. The molecule has 0 fully saturated rings. The SMILES string of the molecule is c1ccc(-n2c3ccccc3c3ccc4c(ccn4-c4ccc(-c5ccccn5)nc4)c32)cc1. The minimum absolute atomic E-state index is 0.868. The van der Waals surface area contributed by atoms with E-state index in [4.69, 9.17) is 0 Å². The van der Waals surface area contributed by atoms with Crippen LogP contribution in [0.3, 0.4) is 0 Å². The molecule has 0 saturated heterocycles. The second-order valence-corrected chi connectivity index (χ2v) is 8.38. The maximum atomic E-state index is 4.69. The molecule has 0 unspecified atom stereocenters. The molecule has 3 aromatic carbocycles. The monoisotopic (exact) mass is 436 g/mol. The van der Waals surface area contributed by atoms with Crippen LogP contribution >= 0.6 is 0 Å². The molecule has 0 atom stereocenters. The zero-order valence-electron chi connectivity index (χ0n) is 18.3. The summed E-state index contributed by atoms with van der Waals surface area (Å²) < 4.78 is 4.58. The number of hydrogen-bond acceptors (Lipinski definition) is 2. The van der Waals surface area contributed by atoms with E-state index in [-0.39, 0.29) is 0 Å². The lowest BCUT2D eigenvalue weighted by atomic mass is 10.1. The topological polar surface area (TPSA) is 35.6 Å². The molecule has 34 heavy (non-hydrogen) atoms. The van der Waals surface area contributed by atoms with Gasteiger partial charge in [0.15, 0.2) is 0 Å². The first-order valence-corrected chi connectivity index (χ1v) is 11.3. The molecule has 4 heteroatoms. The highest BCUT2D eigenvalue weighted by molar-refractivity contribution is 6.18. The summed E-state index contributed by atoms with van der Waals surface area (Å²) in [5, 5.41) is 3.73. The zero-order chi connectivity index (χ0) is 22.5. The Labute approximate surface area is 196 Å². The number of nitrogens with zero attached hydrogens (tertiary/aromatic N) is 4. The van der Waals surface area contributed by atoms with Gasteiger partial charge in [0.2, 0.25) is 0 Å². The zero-order valence-corrected chi connectivity index (χ0v) is 18.3. The Morgan fingerprint density at radius 2 is 1.32 bits per heavy atom. The van der Waals surface area contributed by atoms with Crippen LogP contribution in [-0.4, -0.2) is 19.1 Å². The quantitative estimate of drug-likeness (QED) is 0.294. The second kappa shape index (κ2) is 7.42. The molecule has 0 saturated carbocycles. The second-order valence-electron chi connectivity index (χ2n) is 8.38. The highest BCUT2D eigenvalue weighted by Gasteiger charge is 2.16. The van der Waals surface area contributed by atoms with E-state index in [0.717, 1.165) is 28.3 Å². The number of aromatic nitrogens is 4. The molecule has 160 valence electrons. The number of hydrogen-bond donors (Lipinski definition) is 0. The van der Waals surface area contributed by atoms with Crippen molar-refractivity contribution in [3.8, 4) is 22.8 Å². The lowest BCUT2D eigenvalue weighted by Crippen LogP contribution is -1.95. The Hall–Kier alpha value is -4.70. The van der Waals surface area contributed by atoms with E-state index in [9.17, 15) is 0 Å². The number of fused-ring (bicyclic) bond motifs is 5. The van der Waals surface area contributed by atoms with Gasteiger partial charge >= 0.3 is 0 Å². The van der Waals surface area contributed by atoms with Crippen molar-refractivity contribution < 1.29 is 0 Å². The Bertz CT molecular complexity index is 1780. The fourth-order valence-corrected chi connectivity index (χ4v) is 4.94. The minimum atomic E-state index is 0.868. The summed E-state index contributed by atoms with van der Waals surface area (Å²) in [5.74, 6) is 0. The predicted molar refractivity (Wildman–Crippen MR) is 139 cm³/mol. The van der Waals surface area contributed by atoms with Gasteiger partial charge in [0.1, 0.15) is 0 Å². The van der Waals surface area contributed by atoms with Crippen molar-refractivity contribution in [1.29, 1.82) is 0 Å². The third-order valence-corrected chi connectivity index (χ3v) is 6.47. The first-order valence-electron chi connectivity index (χ1n) is 11.3. The largest absolute Gasteiger partial charge is 0.315 e. The third kappa shape index (κ3) is 2.79. The first kappa shape index (κ1) is 18.8. The van der Waals surface area contributed by atoms with Gasteiger partial charge < -0.3 is 9.13 Å². The molecular weight excluding hydrogens is 416 g/mol. The molecule has 0 N–H and O–H groups in total. The molecule has 0 aliphatic rings. The van der Waals surface area contributed by atoms with Crippen molar-refractivity contribution >= 4 is 32.7 Å². The molecule has 7 rings (SSSR count). The van der Waals surface area contributed by atoms with Crippen LogP contribution in [0, 0.1) is 0 Å². The highest BCUT2D eigenvalue weighted by Crippen LogP contribution is 2.37. The van der Waals surface area contributed by atoms with Gasteiger partial charge in [-0.25, -0.2) is 0 Å². The summed E-state index contributed by atoms with van der Waals surface area (Å²) in [7, 11) is 0. The Kier molecular flexibility index (Phi) is 4.11. The maximum absolute atomic E-state index is 4.69. The molecule has 0 radical (unpaired) electrons. The van der Waals surface area contributed by atoms with Gasteiger partial charge in [0, 0.05) is 34.2 Å². The van der Waals surface area contributed by atoms with Gasteiger partial charge in [0.25, 0.3) is 0 Å². The first-order chi connectivity index (χ1) is 16.9. The molecule has 0 spiro atoms. The average Bonchev–Trinajstić information content (AvgIpc) is 3.49. The Morgan fingerprint density at radius 1 is 0.500 bits per heavy atom. The lowest BCUT2D eigenvalue weighted by molar-refractivity contribution is 1.10. The molecule has 4 heterocycles. The van der Waals surface area contributed by atoms with Gasteiger partial charge in [-0.3, -0.25) is 9.97 Å². The normalized spacial score (nSPS) is 11.5. The molecule has 4 aromatic heterocycles. The summed E-state index contributed by atoms with van der Waals surface area (Å²) in [5.41, 5.74) is 7.52. The van der Waals surface area contributed by atoms with Crippen molar-refractivity contribution in [3.63, 3.8) is 0 Å². The number of benzene rings is 3. The van der Waals surface area contributed by atoms with E-state index in [1.807, 2.05) is 30.5 Å². The van der Waals surface area contributed by atoms with Crippen molar-refractivity contribution in [2.24, 2.45) is 0 Å². The van der Waals surface area contributed by atoms with E-state index in [0.29, 0.717) is 0 Å². The van der Waals surface area contributed by atoms with Crippen LogP contribution in [0.25, 0.3) is 55.5 Å². The average molecular weight is 437 g/mol. The summed E-state index contributed by atoms with van der Waals surface area (Å²) in [6.45, 7) is 0. The van der Waals surface area contributed by atoms with Crippen molar-refractivity contribution in [2.75, 3.05) is 0 Å². The fraction of sp³-hybridized carbons (Fsp3) is 0. The van der Waals surface area contributed by atoms with Crippen LogP contribution in [-0.2, 0) is 0 Å². The molecular formula is C30H20N4. The van der Waals surface area contributed by atoms with E-state index in [1.165, 1.54) is 27.2 Å². The van der Waals surface area contributed by atoms with Crippen LogP contribution in [0.1, 0.15) is 0 Å². The Balaban J connectivity index is 1.46. The van der Waals surface area contributed by atoms with Gasteiger partial charge in [-0.1, -0.05) is 48.5 Å². The van der Waals surface area contributed by atoms with E-state index in [1.54, 1.807) is 6.20 Å². The van der Waals surface area contributed by atoms with E-state index in [2.05, 4.69) is 104 Å². The molecule has 0 aliphatic carbocycles. The fourth-order valence-electron chi connectivity index (χ4n) is 4.94. The summed E-state index contributed by atoms with van der Waals surface area (Å²) in [4.78, 5) is 9.10. The van der Waals surface area contributed by atoms with Gasteiger partial charge in [0.05, 0.1) is 39.8 Å². The van der Waals surface area contributed by atoms with Crippen LogP contribution in [0.5, 0.6) is 0 Å². The molecule has 4 nitrogen and oxygen atoms in total. The predicted octanol–water partition coefficient (Wildman–Crippen LogP) is 7.18. The summed E-state index contributed by atoms with van der Waals surface area (Å²) in [6, 6.07) is 35.9. The van der Waals surface area contributed by atoms with E-state index < -0.39 is 0 Å².